The highest BCUT2D eigenvalue weighted by atomic mass is 19.1. The Balaban J connectivity index is 2.23. The van der Waals surface area contributed by atoms with Crippen LogP contribution in [0.3, 0.4) is 0 Å². The highest BCUT2D eigenvalue weighted by molar-refractivity contribution is 6.05. The Morgan fingerprint density at radius 2 is 1.95 bits per heavy atom. The molecule has 5 heteroatoms. The lowest BCUT2D eigenvalue weighted by atomic mass is 10.1. The average Bonchev–Trinajstić information content (AvgIpc) is 2.50. The molecule has 0 aliphatic rings. The van der Waals surface area contributed by atoms with Crippen LogP contribution in [0.15, 0.2) is 36.4 Å². The predicted octanol–water partition coefficient (Wildman–Crippen LogP) is 3.79. The third kappa shape index (κ3) is 3.55. The number of aryl methyl sites for hydroxylation is 1. The zero-order chi connectivity index (χ0) is 16.1. The SMILES string of the molecule is CCOc1cc(C(=O)Nc2ccc(F)cc2C)ccc1OC. The summed E-state index contributed by atoms with van der Waals surface area (Å²) in [6.07, 6.45) is 0. The van der Waals surface area contributed by atoms with Gasteiger partial charge in [0, 0.05) is 11.3 Å². The van der Waals surface area contributed by atoms with Gasteiger partial charge in [0.25, 0.3) is 5.91 Å². The molecule has 0 saturated carbocycles. The minimum Gasteiger partial charge on any atom is -0.493 e. The number of methoxy groups -OCH3 is 1. The van der Waals surface area contributed by atoms with Gasteiger partial charge in [0.1, 0.15) is 5.82 Å². The van der Waals surface area contributed by atoms with Crippen LogP contribution in [0.1, 0.15) is 22.8 Å². The molecular weight excluding hydrogens is 285 g/mol. The number of anilines is 1. The van der Waals surface area contributed by atoms with Gasteiger partial charge in [-0.05, 0) is 55.8 Å². The molecular formula is C17H18FNO3. The minimum absolute atomic E-state index is 0.293. The van der Waals surface area contributed by atoms with Gasteiger partial charge >= 0.3 is 0 Å². The number of ether oxygens (including phenoxy) is 2. The van der Waals surface area contributed by atoms with Crippen LogP contribution in [0.2, 0.25) is 0 Å². The van der Waals surface area contributed by atoms with Crippen molar-refractivity contribution in [1.29, 1.82) is 0 Å². The van der Waals surface area contributed by atoms with Crippen molar-refractivity contribution in [3.63, 3.8) is 0 Å². The van der Waals surface area contributed by atoms with E-state index in [0.29, 0.717) is 34.9 Å². The van der Waals surface area contributed by atoms with Crippen molar-refractivity contribution in [3.8, 4) is 11.5 Å². The molecule has 1 amide bonds. The summed E-state index contributed by atoms with van der Waals surface area (Å²) in [7, 11) is 1.54. The number of carbonyl (C=O) groups is 1. The standard InChI is InChI=1S/C17H18FNO3/c1-4-22-16-10-12(5-8-15(16)21-3)17(20)19-14-7-6-13(18)9-11(14)2/h5-10H,4H2,1-3H3,(H,19,20). The second-order valence-corrected chi connectivity index (χ2v) is 4.71. The van der Waals surface area contributed by atoms with Crippen molar-refractivity contribution in [3.05, 3.63) is 53.3 Å². The van der Waals surface area contributed by atoms with Gasteiger partial charge in [-0.25, -0.2) is 4.39 Å². The molecule has 0 atom stereocenters. The van der Waals surface area contributed by atoms with Crippen LogP contribution in [0, 0.1) is 12.7 Å². The lowest BCUT2D eigenvalue weighted by Gasteiger charge is -2.12. The Bertz CT molecular complexity index is 686. The summed E-state index contributed by atoms with van der Waals surface area (Å²) in [6, 6.07) is 9.16. The van der Waals surface area contributed by atoms with E-state index in [9.17, 15) is 9.18 Å². The first-order valence-electron chi connectivity index (χ1n) is 6.93. The molecule has 0 spiro atoms. The van der Waals surface area contributed by atoms with E-state index >= 15 is 0 Å². The summed E-state index contributed by atoms with van der Waals surface area (Å²) in [4.78, 5) is 12.3. The van der Waals surface area contributed by atoms with Crippen LogP contribution in [0.5, 0.6) is 11.5 Å². The molecule has 2 aromatic rings. The second kappa shape index (κ2) is 6.93. The number of carbonyl (C=O) groups excluding carboxylic acids is 1. The third-order valence-corrected chi connectivity index (χ3v) is 3.16. The fraction of sp³-hybridized carbons (Fsp3) is 0.235. The van der Waals surface area contributed by atoms with Crippen LogP contribution in [0.25, 0.3) is 0 Å². The molecule has 0 bridgehead atoms. The fourth-order valence-electron chi connectivity index (χ4n) is 2.05. The van der Waals surface area contributed by atoms with Crippen LogP contribution >= 0.6 is 0 Å². The zero-order valence-corrected chi connectivity index (χ0v) is 12.8. The van der Waals surface area contributed by atoms with Crippen molar-refractivity contribution in [1.82, 2.24) is 0 Å². The average molecular weight is 303 g/mol. The van der Waals surface area contributed by atoms with Crippen LogP contribution in [-0.4, -0.2) is 19.6 Å². The van der Waals surface area contributed by atoms with E-state index in [1.807, 2.05) is 6.92 Å². The van der Waals surface area contributed by atoms with E-state index in [0.717, 1.165) is 0 Å². The molecule has 22 heavy (non-hydrogen) atoms. The summed E-state index contributed by atoms with van der Waals surface area (Å²) in [5.74, 6) is 0.446. The summed E-state index contributed by atoms with van der Waals surface area (Å²) >= 11 is 0. The molecule has 0 radical (unpaired) electrons. The van der Waals surface area contributed by atoms with Crippen molar-refractivity contribution >= 4 is 11.6 Å². The minimum atomic E-state index is -0.335. The van der Waals surface area contributed by atoms with E-state index in [1.54, 1.807) is 32.2 Å². The van der Waals surface area contributed by atoms with Gasteiger partial charge in [-0.1, -0.05) is 0 Å². The molecule has 0 aliphatic carbocycles. The maximum atomic E-state index is 13.1. The van der Waals surface area contributed by atoms with E-state index in [2.05, 4.69) is 5.32 Å². The molecule has 0 fully saturated rings. The first-order chi connectivity index (χ1) is 10.5. The van der Waals surface area contributed by atoms with Gasteiger partial charge in [-0.3, -0.25) is 4.79 Å². The third-order valence-electron chi connectivity index (χ3n) is 3.16. The molecule has 0 aromatic heterocycles. The Morgan fingerprint density at radius 3 is 2.59 bits per heavy atom. The highest BCUT2D eigenvalue weighted by Crippen LogP contribution is 2.28. The predicted molar refractivity (Wildman–Crippen MR) is 83.3 cm³/mol. The highest BCUT2D eigenvalue weighted by Gasteiger charge is 2.12. The number of benzene rings is 2. The molecule has 2 aromatic carbocycles. The number of halogens is 1. The number of amides is 1. The van der Waals surface area contributed by atoms with Crippen LogP contribution in [-0.2, 0) is 0 Å². The van der Waals surface area contributed by atoms with Gasteiger partial charge in [0.15, 0.2) is 11.5 Å². The van der Waals surface area contributed by atoms with Crippen LogP contribution < -0.4 is 14.8 Å². The number of nitrogens with one attached hydrogen (secondary N) is 1. The molecule has 0 heterocycles. The van der Waals surface area contributed by atoms with Crippen LogP contribution in [0.4, 0.5) is 10.1 Å². The monoisotopic (exact) mass is 303 g/mol. The first kappa shape index (κ1) is 15.8. The molecule has 0 aliphatic heterocycles. The quantitative estimate of drug-likeness (QED) is 0.914. The summed E-state index contributed by atoms with van der Waals surface area (Å²) in [5, 5.41) is 2.76. The molecule has 116 valence electrons. The largest absolute Gasteiger partial charge is 0.493 e. The van der Waals surface area contributed by atoms with Gasteiger partial charge in [-0.15, -0.1) is 0 Å². The number of rotatable bonds is 5. The van der Waals surface area contributed by atoms with E-state index < -0.39 is 0 Å². The van der Waals surface area contributed by atoms with Gasteiger partial charge in [0.05, 0.1) is 13.7 Å². The van der Waals surface area contributed by atoms with Crippen molar-refractivity contribution in [2.45, 2.75) is 13.8 Å². The Kier molecular flexibility index (Phi) is 4.99. The maximum absolute atomic E-state index is 13.1. The van der Waals surface area contributed by atoms with Crippen molar-refractivity contribution < 1.29 is 18.7 Å². The molecule has 4 nitrogen and oxygen atoms in total. The van der Waals surface area contributed by atoms with Crippen molar-refractivity contribution in [2.24, 2.45) is 0 Å². The lowest BCUT2D eigenvalue weighted by Crippen LogP contribution is -2.13. The Morgan fingerprint density at radius 1 is 1.18 bits per heavy atom. The second-order valence-electron chi connectivity index (χ2n) is 4.71. The molecule has 2 rings (SSSR count). The maximum Gasteiger partial charge on any atom is 0.255 e. The van der Waals surface area contributed by atoms with E-state index in [-0.39, 0.29) is 11.7 Å². The first-order valence-corrected chi connectivity index (χ1v) is 6.93. The smallest absolute Gasteiger partial charge is 0.255 e. The van der Waals surface area contributed by atoms with Gasteiger partial charge in [0.2, 0.25) is 0 Å². The number of hydrogen-bond donors (Lipinski definition) is 1. The fourth-order valence-corrected chi connectivity index (χ4v) is 2.05. The Hall–Kier alpha value is -2.56. The molecule has 0 unspecified atom stereocenters. The zero-order valence-electron chi connectivity index (χ0n) is 12.8. The van der Waals surface area contributed by atoms with Crippen molar-refractivity contribution in [2.75, 3.05) is 19.0 Å². The van der Waals surface area contributed by atoms with Gasteiger partial charge < -0.3 is 14.8 Å². The van der Waals surface area contributed by atoms with E-state index in [4.69, 9.17) is 9.47 Å². The molecule has 1 N–H and O–H groups in total. The summed E-state index contributed by atoms with van der Waals surface area (Å²) < 4.78 is 23.7. The number of hydrogen-bond acceptors (Lipinski definition) is 3. The Labute approximate surface area is 128 Å². The normalized spacial score (nSPS) is 10.2. The lowest BCUT2D eigenvalue weighted by molar-refractivity contribution is 0.102. The van der Waals surface area contributed by atoms with Gasteiger partial charge in [-0.2, -0.15) is 0 Å². The topological polar surface area (TPSA) is 47.6 Å². The molecule has 0 saturated heterocycles. The summed E-state index contributed by atoms with van der Waals surface area (Å²) in [5.41, 5.74) is 1.67. The summed E-state index contributed by atoms with van der Waals surface area (Å²) in [6.45, 7) is 4.06. The van der Waals surface area contributed by atoms with E-state index in [1.165, 1.54) is 18.2 Å².